The highest BCUT2D eigenvalue weighted by molar-refractivity contribution is 9.10. The fourth-order valence-electron chi connectivity index (χ4n) is 1.85. The third kappa shape index (κ3) is 3.17. The standard InChI is InChI=1S/C13H16BrN3/c1-17-7-6-16-13(17)9-11(15)8-10-4-2-3-5-12(10)14/h2-7,11H,8-9,15H2,1H3. The molecule has 2 N–H and O–H groups in total. The van der Waals surface area contributed by atoms with Gasteiger partial charge >= 0.3 is 0 Å². The maximum atomic E-state index is 6.16. The summed E-state index contributed by atoms with van der Waals surface area (Å²) in [5.41, 5.74) is 7.41. The number of benzene rings is 1. The van der Waals surface area contributed by atoms with Gasteiger partial charge in [-0.1, -0.05) is 34.1 Å². The van der Waals surface area contributed by atoms with Gasteiger partial charge in [0.2, 0.25) is 0 Å². The van der Waals surface area contributed by atoms with Gasteiger partial charge in [0.15, 0.2) is 0 Å². The van der Waals surface area contributed by atoms with Crippen LogP contribution in [0.15, 0.2) is 41.1 Å². The van der Waals surface area contributed by atoms with Crippen LogP contribution in [0.3, 0.4) is 0 Å². The van der Waals surface area contributed by atoms with Gasteiger partial charge in [0.1, 0.15) is 5.82 Å². The zero-order valence-electron chi connectivity index (χ0n) is 9.81. The molecule has 0 spiro atoms. The zero-order chi connectivity index (χ0) is 12.3. The normalized spacial score (nSPS) is 12.6. The molecule has 90 valence electrons. The lowest BCUT2D eigenvalue weighted by molar-refractivity contribution is 0.621. The number of imidazole rings is 1. The van der Waals surface area contributed by atoms with Crippen LogP contribution in [0.25, 0.3) is 0 Å². The molecule has 2 rings (SSSR count). The maximum absolute atomic E-state index is 6.16. The van der Waals surface area contributed by atoms with E-state index in [1.165, 1.54) is 5.56 Å². The molecule has 1 heterocycles. The van der Waals surface area contributed by atoms with Crippen molar-refractivity contribution in [3.8, 4) is 0 Å². The maximum Gasteiger partial charge on any atom is 0.109 e. The predicted molar refractivity (Wildman–Crippen MR) is 72.7 cm³/mol. The van der Waals surface area contributed by atoms with E-state index >= 15 is 0 Å². The van der Waals surface area contributed by atoms with Gasteiger partial charge in [-0.2, -0.15) is 0 Å². The van der Waals surface area contributed by atoms with Crippen molar-refractivity contribution in [3.05, 3.63) is 52.5 Å². The first kappa shape index (κ1) is 12.3. The summed E-state index contributed by atoms with van der Waals surface area (Å²) in [6, 6.07) is 8.28. The number of hydrogen-bond acceptors (Lipinski definition) is 2. The van der Waals surface area contributed by atoms with E-state index in [4.69, 9.17) is 5.73 Å². The highest BCUT2D eigenvalue weighted by Crippen LogP contribution is 2.17. The van der Waals surface area contributed by atoms with E-state index in [1.54, 1.807) is 6.20 Å². The fraction of sp³-hybridized carbons (Fsp3) is 0.308. The Hall–Kier alpha value is -1.13. The Kier molecular flexibility index (Phi) is 3.97. The molecule has 0 saturated carbocycles. The summed E-state index contributed by atoms with van der Waals surface area (Å²) in [7, 11) is 1.99. The van der Waals surface area contributed by atoms with Gasteiger partial charge in [-0.05, 0) is 18.1 Å². The highest BCUT2D eigenvalue weighted by Gasteiger charge is 2.10. The SMILES string of the molecule is Cn1ccnc1CC(N)Cc1ccccc1Br. The van der Waals surface area contributed by atoms with Gasteiger partial charge in [-0.15, -0.1) is 0 Å². The van der Waals surface area contributed by atoms with Crippen molar-refractivity contribution in [2.45, 2.75) is 18.9 Å². The smallest absolute Gasteiger partial charge is 0.109 e. The second kappa shape index (κ2) is 5.47. The molecule has 0 saturated heterocycles. The van der Waals surface area contributed by atoms with Crippen molar-refractivity contribution < 1.29 is 0 Å². The first-order chi connectivity index (χ1) is 8.16. The van der Waals surface area contributed by atoms with Crippen LogP contribution in [0.1, 0.15) is 11.4 Å². The third-order valence-corrected chi connectivity index (χ3v) is 3.58. The summed E-state index contributed by atoms with van der Waals surface area (Å²) in [5.74, 6) is 1.03. The van der Waals surface area contributed by atoms with Crippen LogP contribution in [0, 0.1) is 0 Å². The molecule has 1 aromatic heterocycles. The molecule has 0 aliphatic carbocycles. The topological polar surface area (TPSA) is 43.8 Å². The second-order valence-corrected chi connectivity index (χ2v) is 5.07. The summed E-state index contributed by atoms with van der Waals surface area (Å²) in [6.07, 6.45) is 5.40. The lowest BCUT2D eigenvalue weighted by Gasteiger charge is -2.12. The summed E-state index contributed by atoms with van der Waals surface area (Å²) in [6.45, 7) is 0. The number of rotatable bonds is 4. The van der Waals surface area contributed by atoms with Gasteiger partial charge < -0.3 is 10.3 Å². The van der Waals surface area contributed by atoms with Crippen molar-refractivity contribution in [3.63, 3.8) is 0 Å². The Morgan fingerprint density at radius 2 is 2.12 bits per heavy atom. The molecule has 0 bridgehead atoms. The molecule has 0 radical (unpaired) electrons. The monoisotopic (exact) mass is 293 g/mol. The van der Waals surface area contributed by atoms with Crippen LogP contribution in [-0.4, -0.2) is 15.6 Å². The Labute approximate surface area is 110 Å². The average Bonchev–Trinajstić information content (AvgIpc) is 2.68. The molecule has 0 amide bonds. The molecular formula is C13H16BrN3. The van der Waals surface area contributed by atoms with Gasteiger partial charge in [0, 0.05) is 36.4 Å². The summed E-state index contributed by atoms with van der Waals surface area (Å²) < 4.78 is 3.13. The van der Waals surface area contributed by atoms with Crippen molar-refractivity contribution >= 4 is 15.9 Å². The number of halogens is 1. The molecule has 1 aromatic carbocycles. The molecule has 0 fully saturated rings. The summed E-state index contributed by atoms with van der Waals surface area (Å²) >= 11 is 3.54. The molecule has 1 unspecified atom stereocenters. The molecule has 17 heavy (non-hydrogen) atoms. The summed E-state index contributed by atoms with van der Waals surface area (Å²) in [5, 5.41) is 0. The first-order valence-corrected chi connectivity index (χ1v) is 6.41. The largest absolute Gasteiger partial charge is 0.338 e. The Balaban J connectivity index is 2.01. The Bertz CT molecular complexity index is 493. The minimum atomic E-state index is 0.0924. The van der Waals surface area contributed by atoms with Gasteiger partial charge in [-0.25, -0.2) is 4.98 Å². The van der Waals surface area contributed by atoms with E-state index in [0.29, 0.717) is 0 Å². The second-order valence-electron chi connectivity index (χ2n) is 4.21. The number of nitrogens with two attached hydrogens (primary N) is 1. The van der Waals surface area contributed by atoms with Crippen LogP contribution in [0.2, 0.25) is 0 Å². The summed E-state index contributed by atoms with van der Waals surface area (Å²) in [4.78, 5) is 4.29. The minimum Gasteiger partial charge on any atom is -0.338 e. The zero-order valence-corrected chi connectivity index (χ0v) is 11.4. The quantitative estimate of drug-likeness (QED) is 0.940. The van der Waals surface area contributed by atoms with Gasteiger partial charge in [-0.3, -0.25) is 0 Å². The number of hydrogen-bond donors (Lipinski definition) is 1. The van der Waals surface area contributed by atoms with Crippen molar-refractivity contribution in [2.75, 3.05) is 0 Å². The van der Waals surface area contributed by atoms with Gasteiger partial charge in [0.05, 0.1) is 0 Å². The van der Waals surface area contributed by atoms with E-state index < -0.39 is 0 Å². The van der Waals surface area contributed by atoms with Crippen LogP contribution in [-0.2, 0) is 19.9 Å². The molecule has 1 atom stereocenters. The molecule has 4 heteroatoms. The van der Waals surface area contributed by atoms with Crippen molar-refractivity contribution in [1.82, 2.24) is 9.55 Å². The molecule has 3 nitrogen and oxygen atoms in total. The molecule has 0 aliphatic heterocycles. The molecular weight excluding hydrogens is 278 g/mol. The Morgan fingerprint density at radius 3 is 2.76 bits per heavy atom. The lowest BCUT2D eigenvalue weighted by Crippen LogP contribution is -2.27. The minimum absolute atomic E-state index is 0.0924. The number of aromatic nitrogens is 2. The molecule has 0 aliphatic rings. The van der Waals surface area contributed by atoms with Crippen LogP contribution >= 0.6 is 15.9 Å². The van der Waals surface area contributed by atoms with E-state index in [2.05, 4.69) is 27.0 Å². The van der Waals surface area contributed by atoms with Crippen LogP contribution in [0.4, 0.5) is 0 Å². The fourth-order valence-corrected chi connectivity index (χ4v) is 2.29. The van der Waals surface area contributed by atoms with E-state index in [9.17, 15) is 0 Å². The van der Waals surface area contributed by atoms with Crippen LogP contribution < -0.4 is 5.73 Å². The van der Waals surface area contributed by atoms with Crippen LogP contribution in [0.5, 0.6) is 0 Å². The van der Waals surface area contributed by atoms with E-state index in [-0.39, 0.29) is 6.04 Å². The average molecular weight is 294 g/mol. The van der Waals surface area contributed by atoms with Crippen molar-refractivity contribution in [1.29, 1.82) is 0 Å². The van der Waals surface area contributed by atoms with E-state index in [1.807, 2.05) is 36.0 Å². The Morgan fingerprint density at radius 1 is 1.35 bits per heavy atom. The third-order valence-electron chi connectivity index (χ3n) is 2.81. The number of aryl methyl sites for hydroxylation is 1. The predicted octanol–water partition coefficient (Wildman–Crippen LogP) is 2.30. The highest BCUT2D eigenvalue weighted by atomic mass is 79.9. The lowest BCUT2D eigenvalue weighted by atomic mass is 10.0. The van der Waals surface area contributed by atoms with E-state index in [0.717, 1.165) is 23.1 Å². The number of nitrogens with zero attached hydrogens (tertiary/aromatic N) is 2. The molecule has 2 aromatic rings. The van der Waals surface area contributed by atoms with Gasteiger partial charge in [0.25, 0.3) is 0 Å². The van der Waals surface area contributed by atoms with Crippen molar-refractivity contribution in [2.24, 2.45) is 12.8 Å². The first-order valence-electron chi connectivity index (χ1n) is 5.62.